The summed E-state index contributed by atoms with van der Waals surface area (Å²) in [6, 6.07) is 0.518. The minimum Gasteiger partial charge on any atom is -0.375 e. The fourth-order valence-electron chi connectivity index (χ4n) is 2.46. The highest BCUT2D eigenvalue weighted by Gasteiger charge is 2.29. The van der Waals surface area contributed by atoms with Gasteiger partial charge in [0.1, 0.15) is 0 Å². The highest BCUT2D eigenvalue weighted by molar-refractivity contribution is 5.77. The average Bonchev–Trinajstić information content (AvgIpc) is 2.79. The van der Waals surface area contributed by atoms with Gasteiger partial charge in [0.15, 0.2) is 0 Å². The zero-order chi connectivity index (χ0) is 12.3. The summed E-state index contributed by atoms with van der Waals surface area (Å²) < 4.78 is 5.56. The summed E-state index contributed by atoms with van der Waals surface area (Å²) in [5.74, 6) is 0.239. The van der Waals surface area contributed by atoms with Gasteiger partial charge in [-0.25, -0.2) is 0 Å². The molecular formula is C12H23N3O2. The zero-order valence-corrected chi connectivity index (χ0v) is 10.8. The van der Waals surface area contributed by atoms with E-state index in [-0.39, 0.29) is 12.0 Å². The van der Waals surface area contributed by atoms with Gasteiger partial charge in [-0.3, -0.25) is 4.79 Å². The van der Waals surface area contributed by atoms with E-state index in [1.807, 2.05) is 4.90 Å². The average molecular weight is 241 g/mol. The number of likely N-dealkylation sites (tertiary alicyclic amines) is 1. The number of morpholine rings is 1. The first-order chi connectivity index (χ1) is 8.16. The lowest BCUT2D eigenvalue weighted by Crippen LogP contribution is -2.42. The molecule has 0 bridgehead atoms. The van der Waals surface area contributed by atoms with E-state index in [1.165, 1.54) is 0 Å². The number of amides is 1. The van der Waals surface area contributed by atoms with Gasteiger partial charge < -0.3 is 19.9 Å². The van der Waals surface area contributed by atoms with Crippen LogP contribution in [0.1, 0.15) is 12.8 Å². The standard InChI is InChI=1S/C12H23N3O2/c1-14(2)10-3-5-15(9-10)12(16)7-11-8-13-4-6-17-11/h10-11,13H,3-9H2,1-2H3. The predicted molar refractivity (Wildman–Crippen MR) is 65.9 cm³/mol. The number of ether oxygens (including phenoxy) is 1. The van der Waals surface area contributed by atoms with Crippen molar-refractivity contribution in [2.45, 2.75) is 25.0 Å². The van der Waals surface area contributed by atoms with Crippen molar-refractivity contribution >= 4 is 5.91 Å². The number of carbonyl (C=O) groups excluding carboxylic acids is 1. The molecule has 0 spiro atoms. The molecule has 0 aliphatic carbocycles. The molecule has 2 atom stereocenters. The van der Waals surface area contributed by atoms with Gasteiger partial charge in [0.2, 0.25) is 5.91 Å². The third kappa shape index (κ3) is 3.40. The van der Waals surface area contributed by atoms with Crippen molar-refractivity contribution < 1.29 is 9.53 Å². The number of hydrogen-bond acceptors (Lipinski definition) is 4. The lowest BCUT2D eigenvalue weighted by molar-refractivity contribution is -0.133. The largest absolute Gasteiger partial charge is 0.375 e. The second kappa shape index (κ2) is 5.80. The molecule has 17 heavy (non-hydrogen) atoms. The Balaban J connectivity index is 1.76. The Hall–Kier alpha value is -0.650. The van der Waals surface area contributed by atoms with Crippen LogP contribution in [0.3, 0.4) is 0 Å². The van der Waals surface area contributed by atoms with Crippen molar-refractivity contribution in [3.63, 3.8) is 0 Å². The molecular weight excluding hydrogens is 218 g/mol. The number of carbonyl (C=O) groups is 1. The Labute approximate surface area is 103 Å². The van der Waals surface area contributed by atoms with E-state index in [0.29, 0.717) is 12.5 Å². The van der Waals surface area contributed by atoms with Gasteiger partial charge in [0.25, 0.3) is 0 Å². The summed E-state index contributed by atoms with van der Waals surface area (Å²) in [4.78, 5) is 16.3. The first-order valence-corrected chi connectivity index (χ1v) is 6.43. The van der Waals surface area contributed by atoms with Gasteiger partial charge in [0.05, 0.1) is 19.1 Å². The molecule has 2 aliphatic rings. The topological polar surface area (TPSA) is 44.8 Å². The molecule has 2 fully saturated rings. The predicted octanol–water partition coefficient (Wildman–Crippen LogP) is -0.473. The highest BCUT2D eigenvalue weighted by atomic mass is 16.5. The molecule has 1 amide bonds. The molecule has 0 radical (unpaired) electrons. The SMILES string of the molecule is CN(C)C1CCN(C(=O)CC2CNCCO2)C1. The molecule has 5 nitrogen and oxygen atoms in total. The van der Waals surface area contributed by atoms with Crippen molar-refractivity contribution in [2.24, 2.45) is 0 Å². The Morgan fingerprint density at radius 2 is 2.35 bits per heavy atom. The van der Waals surface area contributed by atoms with Crippen molar-refractivity contribution in [1.82, 2.24) is 15.1 Å². The fourth-order valence-corrected chi connectivity index (χ4v) is 2.46. The van der Waals surface area contributed by atoms with Gasteiger partial charge in [-0.2, -0.15) is 0 Å². The summed E-state index contributed by atoms with van der Waals surface area (Å²) >= 11 is 0. The molecule has 2 heterocycles. The molecule has 0 aromatic carbocycles. The highest BCUT2D eigenvalue weighted by Crippen LogP contribution is 2.15. The van der Waals surface area contributed by atoms with E-state index in [9.17, 15) is 4.79 Å². The van der Waals surface area contributed by atoms with E-state index < -0.39 is 0 Å². The van der Waals surface area contributed by atoms with E-state index in [1.54, 1.807) is 0 Å². The van der Waals surface area contributed by atoms with Crippen LogP contribution in [0.2, 0.25) is 0 Å². The van der Waals surface area contributed by atoms with Crippen molar-refractivity contribution in [3.8, 4) is 0 Å². The number of nitrogens with zero attached hydrogens (tertiary/aromatic N) is 2. The van der Waals surface area contributed by atoms with Crippen LogP contribution >= 0.6 is 0 Å². The number of likely N-dealkylation sites (N-methyl/N-ethyl adjacent to an activating group) is 1. The van der Waals surface area contributed by atoms with Crippen LogP contribution in [-0.2, 0) is 9.53 Å². The molecule has 2 aliphatic heterocycles. The maximum absolute atomic E-state index is 12.1. The molecule has 98 valence electrons. The summed E-state index contributed by atoms with van der Waals surface area (Å²) in [5.41, 5.74) is 0. The maximum atomic E-state index is 12.1. The lowest BCUT2D eigenvalue weighted by Gasteiger charge is -2.26. The quantitative estimate of drug-likeness (QED) is 0.725. The van der Waals surface area contributed by atoms with Gasteiger partial charge in [-0.05, 0) is 20.5 Å². The van der Waals surface area contributed by atoms with Crippen molar-refractivity contribution in [2.75, 3.05) is 46.9 Å². The van der Waals surface area contributed by atoms with E-state index >= 15 is 0 Å². The number of rotatable bonds is 3. The zero-order valence-electron chi connectivity index (χ0n) is 10.8. The third-order valence-electron chi connectivity index (χ3n) is 3.65. The van der Waals surface area contributed by atoms with E-state index in [4.69, 9.17) is 4.74 Å². The van der Waals surface area contributed by atoms with Crippen LogP contribution in [0.25, 0.3) is 0 Å². The van der Waals surface area contributed by atoms with Gasteiger partial charge >= 0.3 is 0 Å². The summed E-state index contributed by atoms with van der Waals surface area (Å²) in [5, 5.41) is 3.25. The van der Waals surface area contributed by atoms with Gasteiger partial charge in [-0.15, -0.1) is 0 Å². The molecule has 2 rings (SSSR count). The monoisotopic (exact) mass is 241 g/mol. The van der Waals surface area contributed by atoms with Crippen LogP contribution in [0.15, 0.2) is 0 Å². The minimum atomic E-state index is 0.0645. The summed E-state index contributed by atoms with van der Waals surface area (Å²) in [7, 11) is 4.15. The Morgan fingerprint density at radius 3 is 2.94 bits per heavy atom. The molecule has 2 unspecified atom stereocenters. The maximum Gasteiger partial charge on any atom is 0.225 e. The third-order valence-corrected chi connectivity index (χ3v) is 3.65. The lowest BCUT2D eigenvalue weighted by atomic mass is 10.2. The number of nitrogens with one attached hydrogen (secondary N) is 1. The molecule has 1 N–H and O–H groups in total. The second-order valence-electron chi connectivity index (χ2n) is 5.15. The van der Waals surface area contributed by atoms with Gasteiger partial charge in [0, 0.05) is 32.2 Å². The molecule has 0 aromatic rings. The normalized spacial score (nSPS) is 29.9. The summed E-state index contributed by atoms with van der Waals surface area (Å²) in [6.07, 6.45) is 1.67. The Morgan fingerprint density at radius 1 is 1.53 bits per heavy atom. The van der Waals surface area contributed by atoms with Crippen LogP contribution in [-0.4, -0.2) is 74.7 Å². The van der Waals surface area contributed by atoms with Crippen molar-refractivity contribution in [1.29, 1.82) is 0 Å². The van der Waals surface area contributed by atoms with Crippen molar-refractivity contribution in [3.05, 3.63) is 0 Å². The van der Waals surface area contributed by atoms with E-state index in [0.717, 1.165) is 39.2 Å². The van der Waals surface area contributed by atoms with Crippen LogP contribution in [0.4, 0.5) is 0 Å². The minimum absolute atomic E-state index is 0.0645. The van der Waals surface area contributed by atoms with Gasteiger partial charge in [-0.1, -0.05) is 0 Å². The summed E-state index contributed by atoms with van der Waals surface area (Å²) in [6.45, 7) is 4.18. The second-order valence-corrected chi connectivity index (χ2v) is 5.15. The smallest absolute Gasteiger partial charge is 0.225 e. The molecule has 0 saturated carbocycles. The molecule has 5 heteroatoms. The molecule has 0 aromatic heterocycles. The van der Waals surface area contributed by atoms with E-state index in [2.05, 4.69) is 24.3 Å². The molecule has 2 saturated heterocycles. The van der Waals surface area contributed by atoms with Crippen LogP contribution in [0, 0.1) is 0 Å². The first-order valence-electron chi connectivity index (χ1n) is 6.43. The first kappa shape index (κ1) is 12.8. The Bertz CT molecular complexity index is 264. The van der Waals surface area contributed by atoms with Crippen LogP contribution < -0.4 is 5.32 Å². The Kier molecular flexibility index (Phi) is 4.36. The number of hydrogen-bond donors (Lipinski definition) is 1. The van der Waals surface area contributed by atoms with Crippen LogP contribution in [0.5, 0.6) is 0 Å². The fraction of sp³-hybridized carbons (Fsp3) is 0.917.